The molecule has 10 rings (SSSR count). The summed E-state index contributed by atoms with van der Waals surface area (Å²) in [5.41, 5.74) is -2.16. The molecule has 5 saturated carbocycles. The summed E-state index contributed by atoms with van der Waals surface area (Å²) in [7, 11) is 0. The van der Waals surface area contributed by atoms with E-state index in [1.54, 1.807) is 0 Å². The van der Waals surface area contributed by atoms with Gasteiger partial charge in [0.05, 0.1) is 50.3 Å². The number of aliphatic hydroxyl groups is 13. The first-order chi connectivity index (χ1) is 35.2. The third-order valence-corrected chi connectivity index (χ3v) is 22.5. The zero-order chi connectivity index (χ0) is 54.3. The van der Waals surface area contributed by atoms with E-state index in [2.05, 4.69) is 41.5 Å². The molecule has 10 aliphatic rings. The molecule has 5 aliphatic carbocycles. The maximum atomic E-state index is 12.4. The summed E-state index contributed by atoms with van der Waals surface area (Å²) in [6.07, 6.45) is -23.9. The minimum absolute atomic E-state index is 0.108. The highest BCUT2D eigenvalue weighted by atomic mass is 16.8. The van der Waals surface area contributed by atoms with Crippen molar-refractivity contribution < 1.29 is 109 Å². The lowest BCUT2D eigenvalue weighted by atomic mass is 9.30. The van der Waals surface area contributed by atoms with Crippen molar-refractivity contribution in [3.63, 3.8) is 0 Å². The second-order valence-electron chi connectivity index (χ2n) is 26.4. The van der Waals surface area contributed by atoms with Gasteiger partial charge in [-0.25, -0.2) is 0 Å². The van der Waals surface area contributed by atoms with E-state index in [0.717, 1.165) is 51.4 Å². The van der Waals surface area contributed by atoms with Crippen molar-refractivity contribution in [3.8, 4) is 0 Å². The van der Waals surface area contributed by atoms with Crippen LogP contribution in [0.15, 0.2) is 0 Å². The van der Waals surface area contributed by atoms with Gasteiger partial charge in [-0.1, -0.05) is 41.5 Å². The Labute approximate surface area is 438 Å². The summed E-state index contributed by atoms with van der Waals surface area (Å²) in [5, 5.41) is 142. The first-order valence-corrected chi connectivity index (χ1v) is 27.7. The van der Waals surface area contributed by atoms with E-state index in [1.165, 1.54) is 6.92 Å². The quantitative estimate of drug-likeness (QED) is 0.102. The van der Waals surface area contributed by atoms with Crippen LogP contribution < -0.4 is 0 Å². The zero-order valence-corrected chi connectivity index (χ0v) is 44.5. The van der Waals surface area contributed by atoms with E-state index in [-0.39, 0.29) is 51.4 Å². The Bertz CT molecular complexity index is 2020. The Morgan fingerprint density at radius 3 is 1.77 bits per heavy atom. The molecule has 13 N–H and O–H groups in total. The molecule has 5 heterocycles. The van der Waals surface area contributed by atoms with Gasteiger partial charge in [0.2, 0.25) is 0 Å². The van der Waals surface area contributed by atoms with Gasteiger partial charge in [-0.05, 0) is 111 Å². The number of rotatable bonds is 11. The molecule has 30 atom stereocenters. The largest absolute Gasteiger partial charge is 0.396 e. The van der Waals surface area contributed by atoms with Crippen LogP contribution in [0.5, 0.6) is 0 Å². The molecule has 0 aromatic heterocycles. The standard InChI is InChI=1S/C53H88O22/c1-23-32(58)36(62)39(65)43(69-23)75-42-38(64)34(60)25(19-55)71-46(42)72-26-20-67-45(41(35(26)61)74-44-40(66)37(63)33(59)24(18-54)70-44)73-31-10-11-49(5)27(47(31,2)3)8-12-50(6)28(49)9-13-53-29-16-48(4,21-56)14-15-52(29,22-68-53)30(57)17-51(50,53)7/h23-46,54-66H,8-22H2,1-7H3/t23-,24+,25+,26-,27-,28+,29+,30+,31-,32-,33+,34+,35-,36+,37-,38-,39+,40+,41+,42+,43-,44-,45-,46-,48-,49-,50+,51-,52+,53-/m1/s1. The van der Waals surface area contributed by atoms with Crippen molar-refractivity contribution in [2.45, 2.75) is 247 Å². The maximum absolute atomic E-state index is 12.4. The number of aliphatic hydroxyl groups excluding tert-OH is 13. The molecular formula is C53H88O22. The summed E-state index contributed by atoms with van der Waals surface area (Å²) < 4.78 is 56.3. The highest BCUT2D eigenvalue weighted by Gasteiger charge is 2.80. The summed E-state index contributed by atoms with van der Waals surface area (Å²) in [6.45, 7) is 13.9. The van der Waals surface area contributed by atoms with Crippen molar-refractivity contribution in [1.82, 2.24) is 0 Å². The highest BCUT2D eigenvalue weighted by Crippen LogP contribution is 2.80. The molecule has 5 saturated heterocycles. The Balaban J connectivity index is 0.901. The Kier molecular flexibility index (Phi) is 15.5. The van der Waals surface area contributed by atoms with Crippen LogP contribution in [-0.4, -0.2) is 234 Å². The second kappa shape index (κ2) is 20.2. The minimum Gasteiger partial charge on any atom is -0.396 e. The predicted molar refractivity (Wildman–Crippen MR) is 256 cm³/mol. The topological polar surface area (TPSA) is 346 Å². The average Bonchev–Trinajstić information content (AvgIpc) is 3.66. The predicted octanol–water partition coefficient (Wildman–Crippen LogP) is -1.71. The fraction of sp³-hybridized carbons (Fsp3) is 1.00. The fourth-order valence-corrected chi connectivity index (χ4v) is 17.7. The van der Waals surface area contributed by atoms with Crippen LogP contribution >= 0.6 is 0 Å². The van der Waals surface area contributed by atoms with E-state index in [1.807, 2.05) is 0 Å². The van der Waals surface area contributed by atoms with Crippen molar-refractivity contribution >= 4 is 0 Å². The van der Waals surface area contributed by atoms with Gasteiger partial charge in [0.15, 0.2) is 25.2 Å². The summed E-state index contributed by atoms with van der Waals surface area (Å²) >= 11 is 0. The van der Waals surface area contributed by atoms with E-state index in [0.29, 0.717) is 19.4 Å². The molecule has 0 amide bonds. The maximum Gasteiger partial charge on any atom is 0.187 e. The summed E-state index contributed by atoms with van der Waals surface area (Å²) in [4.78, 5) is 0. The summed E-state index contributed by atoms with van der Waals surface area (Å²) in [6, 6.07) is 0. The first-order valence-electron chi connectivity index (χ1n) is 27.7. The molecule has 10 fully saturated rings. The molecule has 0 aromatic rings. The third-order valence-electron chi connectivity index (χ3n) is 22.5. The Morgan fingerprint density at radius 2 is 1.12 bits per heavy atom. The van der Waals surface area contributed by atoms with E-state index in [4.69, 9.17) is 42.6 Å². The van der Waals surface area contributed by atoms with Crippen molar-refractivity contribution in [3.05, 3.63) is 0 Å². The van der Waals surface area contributed by atoms with Gasteiger partial charge in [0.1, 0.15) is 85.5 Å². The van der Waals surface area contributed by atoms with Gasteiger partial charge in [-0.15, -0.1) is 0 Å². The normalized spacial score (nSPS) is 58.6. The van der Waals surface area contributed by atoms with Crippen molar-refractivity contribution in [1.29, 1.82) is 0 Å². The molecule has 22 nitrogen and oxygen atoms in total. The average molecular weight is 1080 g/mol. The van der Waals surface area contributed by atoms with Gasteiger partial charge in [0, 0.05) is 17.4 Å². The highest BCUT2D eigenvalue weighted by molar-refractivity contribution is 5.28. The minimum atomic E-state index is -1.88. The first kappa shape index (κ1) is 57.4. The lowest BCUT2D eigenvalue weighted by Crippen LogP contribution is -2.74. The van der Waals surface area contributed by atoms with Crippen LogP contribution in [0.3, 0.4) is 0 Å². The molecule has 0 radical (unpaired) electrons. The SMILES string of the molecule is C[C@H]1O[C@H](O[C@@H]2[C@@H](O[C@@H]3CO[C@H](O[C@@H]4CC[C@]5(C)[C@H](CC[C@@]6(C)[C@H]5CC[C@@]57OC[C@]8(CC[C@@](C)(CO)C[C@@H]85)[C@@H](O)C[C@]67C)C4(C)C)[C@@H](O[C@H]4O[C@@H](CO)[C@H](O)[C@@H](O)[C@@H]4O)[C@@H]3O)O[C@@H](CO)[C@H](O)[C@H]2O)[C@@H](O)[C@@H](O)[C@@H]1O. The zero-order valence-electron chi connectivity index (χ0n) is 44.5. The van der Waals surface area contributed by atoms with Crippen molar-refractivity contribution in [2.75, 3.05) is 33.0 Å². The number of hydrogen-bond acceptors (Lipinski definition) is 22. The fourth-order valence-electron chi connectivity index (χ4n) is 17.7. The molecule has 432 valence electrons. The van der Waals surface area contributed by atoms with Crippen LogP contribution in [-0.2, 0) is 42.6 Å². The molecule has 0 unspecified atom stereocenters. The molecule has 5 aliphatic heterocycles. The Morgan fingerprint density at radius 1 is 0.520 bits per heavy atom. The smallest absolute Gasteiger partial charge is 0.187 e. The van der Waals surface area contributed by atoms with Gasteiger partial charge >= 0.3 is 0 Å². The van der Waals surface area contributed by atoms with Crippen molar-refractivity contribution in [2.24, 2.45) is 50.2 Å². The molecular weight excluding hydrogens is 989 g/mol. The molecule has 22 heteroatoms. The molecule has 75 heavy (non-hydrogen) atoms. The third kappa shape index (κ3) is 8.62. The number of hydrogen-bond donors (Lipinski definition) is 13. The van der Waals surface area contributed by atoms with Crippen LogP contribution in [0, 0.1) is 50.2 Å². The molecule has 0 aromatic carbocycles. The van der Waals surface area contributed by atoms with Crippen LogP contribution in [0.1, 0.15) is 113 Å². The summed E-state index contributed by atoms with van der Waals surface area (Å²) in [5.74, 6) is 0.556. The van der Waals surface area contributed by atoms with Crippen LogP contribution in [0.4, 0.5) is 0 Å². The molecule has 1 spiro atoms. The monoisotopic (exact) mass is 1080 g/mol. The second-order valence-corrected chi connectivity index (χ2v) is 26.4. The lowest BCUT2D eigenvalue weighted by Gasteiger charge is -2.75. The van der Waals surface area contributed by atoms with Gasteiger partial charge in [0.25, 0.3) is 0 Å². The van der Waals surface area contributed by atoms with Gasteiger partial charge < -0.3 is 109 Å². The van der Waals surface area contributed by atoms with Crippen LogP contribution in [0.2, 0.25) is 0 Å². The Hall–Kier alpha value is -0.880. The van der Waals surface area contributed by atoms with E-state index >= 15 is 0 Å². The van der Waals surface area contributed by atoms with Crippen LogP contribution in [0.25, 0.3) is 0 Å². The van der Waals surface area contributed by atoms with E-state index < -0.39 is 160 Å². The lowest BCUT2D eigenvalue weighted by molar-refractivity contribution is -0.394. The number of ether oxygens (including phenoxy) is 9. The molecule has 2 bridgehead atoms. The van der Waals surface area contributed by atoms with E-state index in [9.17, 15) is 66.4 Å². The van der Waals surface area contributed by atoms with Gasteiger partial charge in [-0.2, -0.15) is 0 Å². The van der Waals surface area contributed by atoms with Gasteiger partial charge in [-0.3, -0.25) is 0 Å². The number of fused-ring (bicyclic) bond motifs is 4.